The Morgan fingerprint density at radius 1 is 1.33 bits per heavy atom. The Morgan fingerprint density at radius 2 is 2.00 bits per heavy atom. The van der Waals surface area contributed by atoms with E-state index in [0.29, 0.717) is 0 Å². The van der Waals surface area contributed by atoms with E-state index in [2.05, 4.69) is 18.1 Å². The Balaban J connectivity index is 3.28. The van der Waals surface area contributed by atoms with Gasteiger partial charge in [0.1, 0.15) is 0 Å². The molecule has 1 heterocycles. The Hall–Kier alpha value is -1.77. The van der Waals surface area contributed by atoms with Crippen molar-refractivity contribution in [3.8, 4) is 0 Å². The van der Waals surface area contributed by atoms with Gasteiger partial charge in [0.15, 0.2) is 0 Å². The van der Waals surface area contributed by atoms with Crippen molar-refractivity contribution in [1.82, 2.24) is 9.55 Å². The normalized spacial score (nSPS) is 10.6. The lowest BCUT2D eigenvalue weighted by Gasteiger charge is -2.11. The quantitative estimate of drug-likeness (QED) is 0.700. The third kappa shape index (κ3) is 2.18. The molecular weight excluding hydrogens is 186 g/mol. The van der Waals surface area contributed by atoms with Crippen LogP contribution >= 0.6 is 0 Å². The van der Waals surface area contributed by atoms with Crippen LogP contribution in [0.2, 0.25) is 0 Å². The summed E-state index contributed by atoms with van der Waals surface area (Å²) >= 11 is 0. The molecule has 1 aromatic heterocycles. The predicted octanol–water partition coefficient (Wildman–Crippen LogP) is 2.33. The standard InChI is InChI=1S/C12H17N3/c1-6-8-9-11-10(7-2)13-12(14(3)4)15(11)5/h6-9H,1-2H2,3-5H3/b9-8-. The molecule has 0 N–H and O–H groups in total. The number of rotatable bonds is 4. The molecule has 0 radical (unpaired) electrons. The van der Waals surface area contributed by atoms with Gasteiger partial charge in [-0.2, -0.15) is 0 Å². The predicted molar refractivity (Wildman–Crippen MR) is 66.9 cm³/mol. The van der Waals surface area contributed by atoms with E-state index in [1.807, 2.05) is 42.8 Å². The molecule has 1 aromatic rings. The van der Waals surface area contributed by atoms with Crippen LogP contribution in [0.1, 0.15) is 11.4 Å². The zero-order valence-electron chi connectivity index (χ0n) is 9.57. The molecule has 0 aliphatic rings. The van der Waals surface area contributed by atoms with E-state index in [1.165, 1.54) is 0 Å². The molecule has 0 amide bonds. The second-order valence-corrected chi connectivity index (χ2v) is 3.43. The summed E-state index contributed by atoms with van der Waals surface area (Å²) in [5, 5.41) is 0. The highest BCUT2D eigenvalue weighted by Crippen LogP contribution is 2.18. The van der Waals surface area contributed by atoms with Crippen molar-refractivity contribution in [1.29, 1.82) is 0 Å². The molecule has 0 aromatic carbocycles. The van der Waals surface area contributed by atoms with Gasteiger partial charge in [-0.3, -0.25) is 0 Å². The fourth-order valence-electron chi connectivity index (χ4n) is 1.43. The van der Waals surface area contributed by atoms with E-state index in [4.69, 9.17) is 0 Å². The summed E-state index contributed by atoms with van der Waals surface area (Å²) in [7, 11) is 5.92. The van der Waals surface area contributed by atoms with Gasteiger partial charge < -0.3 is 9.47 Å². The van der Waals surface area contributed by atoms with Crippen LogP contribution in [-0.2, 0) is 7.05 Å². The fourth-order valence-corrected chi connectivity index (χ4v) is 1.43. The van der Waals surface area contributed by atoms with Crippen molar-refractivity contribution >= 4 is 18.1 Å². The number of allylic oxidation sites excluding steroid dienone is 2. The maximum absolute atomic E-state index is 4.47. The van der Waals surface area contributed by atoms with Gasteiger partial charge in [-0.05, 0) is 12.2 Å². The summed E-state index contributed by atoms with van der Waals surface area (Å²) in [5.74, 6) is 0.911. The molecule has 0 fully saturated rings. The summed E-state index contributed by atoms with van der Waals surface area (Å²) in [6.45, 7) is 7.41. The summed E-state index contributed by atoms with van der Waals surface area (Å²) < 4.78 is 2.02. The first-order valence-corrected chi connectivity index (χ1v) is 4.77. The van der Waals surface area contributed by atoms with Crippen LogP contribution < -0.4 is 4.90 Å². The van der Waals surface area contributed by atoms with E-state index in [-0.39, 0.29) is 0 Å². The monoisotopic (exact) mass is 203 g/mol. The molecule has 0 saturated carbocycles. The van der Waals surface area contributed by atoms with Crippen LogP contribution in [-0.4, -0.2) is 23.6 Å². The number of hydrogen-bond donors (Lipinski definition) is 0. The molecule has 0 spiro atoms. The SMILES string of the molecule is C=C/C=C\c1c(C=C)nc(N(C)C)n1C. The third-order valence-corrected chi connectivity index (χ3v) is 2.13. The largest absolute Gasteiger partial charge is 0.348 e. The summed E-state index contributed by atoms with van der Waals surface area (Å²) in [4.78, 5) is 6.44. The minimum absolute atomic E-state index is 0.888. The van der Waals surface area contributed by atoms with Crippen LogP contribution in [0.4, 0.5) is 5.95 Å². The van der Waals surface area contributed by atoms with E-state index in [9.17, 15) is 0 Å². The fraction of sp³-hybridized carbons (Fsp3) is 0.250. The minimum Gasteiger partial charge on any atom is -0.348 e. The number of nitrogens with zero attached hydrogens (tertiary/aromatic N) is 3. The Bertz CT molecular complexity index is 397. The Kier molecular flexibility index (Phi) is 3.50. The molecule has 15 heavy (non-hydrogen) atoms. The zero-order valence-corrected chi connectivity index (χ0v) is 9.57. The number of imidazole rings is 1. The van der Waals surface area contributed by atoms with Crippen molar-refractivity contribution in [2.24, 2.45) is 7.05 Å². The second-order valence-electron chi connectivity index (χ2n) is 3.43. The van der Waals surface area contributed by atoms with Crippen molar-refractivity contribution in [2.75, 3.05) is 19.0 Å². The molecule has 80 valence electrons. The lowest BCUT2D eigenvalue weighted by atomic mass is 10.3. The summed E-state index contributed by atoms with van der Waals surface area (Å²) in [5.41, 5.74) is 1.92. The average Bonchev–Trinajstić information content (AvgIpc) is 2.52. The maximum Gasteiger partial charge on any atom is 0.205 e. The molecule has 0 atom stereocenters. The number of hydrogen-bond acceptors (Lipinski definition) is 2. The van der Waals surface area contributed by atoms with Gasteiger partial charge >= 0.3 is 0 Å². The highest BCUT2D eigenvalue weighted by Gasteiger charge is 2.10. The first-order valence-electron chi connectivity index (χ1n) is 4.77. The Morgan fingerprint density at radius 3 is 2.47 bits per heavy atom. The van der Waals surface area contributed by atoms with Gasteiger partial charge in [-0.1, -0.05) is 25.3 Å². The highest BCUT2D eigenvalue weighted by atomic mass is 15.3. The van der Waals surface area contributed by atoms with Gasteiger partial charge in [0.25, 0.3) is 0 Å². The lowest BCUT2D eigenvalue weighted by molar-refractivity contribution is 0.859. The van der Waals surface area contributed by atoms with Gasteiger partial charge in [-0.15, -0.1) is 0 Å². The van der Waals surface area contributed by atoms with Crippen molar-refractivity contribution in [3.05, 3.63) is 36.7 Å². The van der Waals surface area contributed by atoms with Gasteiger partial charge in [0, 0.05) is 21.1 Å². The molecule has 0 aliphatic carbocycles. The molecule has 0 unspecified atom stereocenters. The molecular formula is C12H17N3. The molecule has 3 heteroatoms. The van der Waals surface area contributed by atoms with Crippen molar-refractivity contribution in [2.45, 2.75) is 0 Å². The van der Waals surface area contributed by atoms with Gasteiger partial charge in [0.2, 0.25) is 5.95 Å². The molecule has 0 saturated heterocycles. The Labute approximate surface area is 91.0 Å². The van der Waals surface area contributed by atoms with Crippen LogP contribution in [0, 0.1) is 0 Å². The van der Waals surface area contributed by atoms with Crippen molar-refractivity contribution < 1.29 is 0 Å². The van der Waals surface area contributed by atoms with Crippen molar-refractivity contribution in [3.63, 3.8) is 0 Å². The maximum atomic E-state index is 4.47. The van der Waals surface area contributed by atoms with E-state index < -0.39 is 0 Å². The van der Waals surface area contributed by atoms with E-state index in [0.717, 1.165) is 17.3 Å². The van der Waals surface area contributed by atoms with E-state index >= 15 is 0 Å². The first kappa shape index (κ1) is 11.3. The molecule has 3 nitrogen and oxygen atoms in total. The van der Waals surface area contributed by atoms with Gasteiger partial charge in [-0.25, -0.2) is 4.98 Å². The third-order valence-electron chi connectivity index (χ3n) is 2.13. The van der Waals surface area contributed by atoms with E-state index in [1.54, 1.807) is 12.2 Å². The summed E-state index contributed by atoms with van der Waals surface area (Å²) in [6.07, 6.45) is 7.37. The second kappa shape index (κ2) is 4.64. The van der Waals surface area contributed by atoms with Gasteiger partial charge in [0.05, 0.1) is 11.4 Å². The highest BCUT2D eigenvalue weighted by molar-refractivity contribution is 5.63. The lowest BCUT2D eigenvalue weighted by Crippen LogP contribution is -2.14. The van der Waals surface area contributed by atoms with Crippen LogP contribution in [0.15, 0.2) is 25.3 Å². The summed E-state index contributed by atoms with van der Waals surface area (Å²) in [6, 6.07) is 0. The number of aromatic nitrogens is 2. The van der Waals surface area contributed by atoms with Crippen LogP contribution in [0.3, 0.4) is 0 Å². The number of anilines is 1. The molecule has 1 rings (SSSR count). The van der Waals surface area contributed by atoms with Crippen LogP contribution in [0.5, 0.6) is 0 Å². The minimum atomic E-state index is 0.888. The zero-order chi connectivity index (χ0) is 11.4. The smallest absolute Gasteiger partial charge is 0.205 e. The topological polar surface area (TPSA) is 21.1 Å². The van der Waals surface area contributed by atoms with Crippen LogP contribution in [0.25, 0.3) is 12.2 Å². The first-order chi connectivity index (χ1) is 7.11. The molecule has 0 bridgehead atoms. The molecule has 0 aliphatic heterocycles. The average molecular weight is 203 g/mol.